The van der Waals surface area contributed by atoms with Crippen LogP contribution in [0.3, 0.4) is 0 Å². The summed E-state index contributed by atoms with van der Waals surface area (Å²) in [6, 6.07) is 16.4. The van der Waals surface area contributed by atoms with Crippen LogP contribution < -0.4 is 4.74 Å². The molecule has 5 nitrogen and oxygen atoms in total. The zero-order chi connectivity index (χ0) is 18.9. The molecule has 1 heterocycles. The first kappa shape index (κ1) is 19.2. The highest BCUT2D eigenvalue weighted by atomic mass is 32.2. The average molecular weight is 381 g/mol. The molecule has 0 fully saturated rings. The lowest BCUT2D eigenvalue weighted by Gasteiger charge is -2.08. The number of rotatable bonds is 9. The smallest absolute Gasteiger partial charge is 0.212 e. The highest BCUT2D eigenvalue weighted by Crippen LogP contribution is 2.21. The first-order chi connectivity index (χ1) is 13.3. The van der Waals surface area contributed by atoms with Crippen LogP contribution in [0.2, 0.25) is 0 Å². The second kappa shape index (κ2) is 9.92. The van der Waals surface area contributed by atoms with E-state index in [0.717, 1.165) is 35.1 Å². The van der Waals surface area contributed by atoms with Crippen LogP contribution in [0.4, 0.5) is 0 Å². The number of nitrogens with zero attached hydrogens (tertiary/aromatic N) is 4. The first-order valence-electron chi connectivity index (χ1n) is 9.11. The summed E-state index contributed by atoms with van der Waals surface area (Å²) in [4.78, 5) is 0. The first-order valence-corrected chi connectivity index (χ1v) is 10.1. The predicted octanol–water partition coefficient (Wildman–Crippen LogP) is 4.94. The van der Waals surface area contributed by atoms with Crippen molar-refractivity contribution in [3.8, 4) is 5.75 Å². The number of thioether (sulfide) groups is 1. The van der Waals surface area contributed by atoms with Crippen molar-refractivity contribution in [3.63, 3.8) is 0 Å². The molecule has 0 saturated carbocycles. The molecule has 0 aliphatic carbocycles. The topological polar surface area (TPSA) is 52.3 Å². The van der Waals surface area contributed by atoms with E-state index in [1.807, 2.05) is 24.3 Å². The molecule has 0 radical (unpaired) electrons. The molecule has 0 N–H and O–H groups in total. The van der Waals surface area contributed by atoms with Gasteiger partial charge in [-0.25, -0.2) is 0 Å². The van der Waals surface area contributed by atoms with Crippen molar-refractivity contribution >= 4 is 18.0 Å². The van der Waals surface area contributed by atoms with Gasteiger partial charge in [0.1, 0.15) is 12.1 Å². The van der Waals surface area contributed by atoms with E-state index in [9.17, 15) is 0 Å². The van der Waals surface area contributed by atoms with Crippen molar-refractivity contribution in [1.82, 2.24) is 14.9 Å². The number of aryl methyl sites for hydroxylation is 1. The van der Waals surface area contributed by atoms with Crippen LogP contribution >= 0.6 is 11.8 Å². The molecule has 0 aliphatic heterocycles. The third-order valence-electron chi connectivity index (χ3n) is 3.98. The van der Waals surface area contributed by atoms with Crippen molar-refractivity contribution in [2.45, 2.75) is 37.6 Å². The Morgan fingerprint density at radius 2 is 1.96 bits per heavy atom. The molecule has 3 aromatic rings. The molecule has 2 aromatic carbocycles. The van der Waals surface area contributed by atoms with Gasteiger partial charge in [-0.15, -0.1) is 10.2 Å². The van der Waals surface area contributed by atoms with E-state index in [4.69, 9.17) is 4.74 Å². The maximum absolute atomic E-state index is 5.86. The van der Waals surface area contributed by atoms with E-state index in [-0.39, 0.29) is 0 Å². The van der Waals surface area contributed by atoms with E-state index in [1.54, 1.807) is 29.0 Å². The zero-order valence-electron chi connectivity index (χ0n) is 15.7. The molecule has 0 aliphatic rings. The summed E-state index contributed by atoms with van der Waals surface area (Å²) in [5.74, 6) is 1.67. The lowest BCUT2D eigenvalue weighted by Crippen LogP contribution is -2.00. The SMILES string of the molecule is CCCCOc1ccccc1/C=N\n1cnnc1SCc1ccc(C)cc1. The number of para-hydroxylation sites is 1. The highest BCUT2D eigenvalue weighted by Gasteiger charge is 2.06. The van der Waals surface area contributed by atoms with Crippen LogP contribution in [0.5, 0.6) is 5.75 Å². The Morgan fingerprint density at radius 3 is 2.78 bits per heavy atom. The van der Waals surface area contributed by atoms with Gasteiger partial charge in [-0.05, 0) is 31.0 Å². The molecule has 0 atom stereocenters. The molecule has 0 bridgehead atoms. The van der Waals surface area contributed by atoms with E-state index in [0.29, 0.717) is 6.61 Å². The number of unbranched alkanes of at least 4 members (excludes halogenated alkanes) is 1. The van der Waals surface area contributed by atoms with Crippen LogP contribution in [-0.2, 0) is 5.75 Å². The van der Waals surface area contributed by atoms with Gasteiger partial charge in [-0.3, -0.25) is 0 Å². The molecule has 6 heteroatoms. The van der Waals surface area contributed by atoms with Crippen molar-refractivity contribution in [1.29, 1.82) is 0 Å². The van der Waals surface area contributed by atoms with Gasteiger partial charge in [0.25, 0.3) is 0 Å². The van der Waals surface area contributed by atoms with Crippen LogP contribution in [0.1, 0.15) is 36.5 Å². The Balaban J connectivity index is 1.66. The van der Waals surface area contributed by atoms with Crippen molar-refractivity contribution in [3.05, 3.63) is 71.5 Å². The van der Waals surface area contributed by atoms with Crippen LogP contribution in [-0.4, -0.2) is 27.7 Å². The van der Waals surface area contributed by atoms with Gasteiger partial charge < -0.3 is 4.74 Å². The lowest BCUT2D eigenvalue weighted by atomic mass is 10.2. The third-order valence-corrected chi connectivity index (χ3v) is 4.99. The molecular weight excluding hydrogens is 356 g/mol. The molecule has 0 unspecified atom stereocenters. The Hall–Kier alpha value is -2.60. The largest absolute Gasteiger partial charge is 0.493 e. The maximum atomic E-state index is 5.86. The third kappa shape index (κ3) is 5.69. The van der Waals surface area contributed by atoms with Gasteiger partial charge in [-0.2, -0.15) is 9.78 Å². The Labute approximate surface area is 164 Å². The number of ether oxygens (including phenoxy) is 1. The minimum atomic E-state index is 0.714. The van der Waals surface area contributed by atoms with Gasteiger partial charge in [0.15, 0.2) is 0 Å². The summed E-state index contributed by atoms with van der Waals surface area (Å²) in [7, 11) is 0. The fraction of sp³-hybridized carbons (Fsp3) is 0.286. The maximum Gasteiger partial charge on any atom is 0.212 e. The van der Waals surface area contributed by atoms with Crippen molar-refractivity contribution in [2.24, 2.45) is 5.10 Å². The molecular formula is C21H24N4OS. The average Bonchev–Trinajstić information content (AvgIpc) is 3.14. The van der Waals surface area contributed by atoms with Gasteiger partial charge in [0.05, 0.1) is 12.8 Å². The summed E-state index contributed by atoms with van der Waals surface area (Å²) >= 11 is 1.61. The van der Waals surface area contributed by atoms with E-state index in [2.05, 4.69) is 53.4 Å². The zero-order valence-corrected chi connectivity index (χ0v) is 16.5. The molecule has 27 heavy (non-hydrogen) atoms. The van der Waals surface area contributed by atoms with Crippen molar-refractivity contribution < 1.29 is 4.74 Å². The Bertz CT molecular complexity index is 874. The lowest BCUT2D eigenvalue weighted by molar-refractivity contribution is 0.309. The molecule has 0 spiro atoms. The molecule has 140 valence electrons. The molecule has 0 amide bonds. The summed E-state index contributed by atoms with van der Waals surface area (Å²) in [6.45, 7) is 4.95. The monoisotopic (exact) mass is 380 g/mol. The number of benzene rings is 2. The molecule has 3 rings (SSSR count). The van der Waals surface area contributed by atoms with Gasteiger partial charge in [0.2, 0.25) is 5.16 Å². The van der Waals surface area contributed by atoms with Gasteiger partial charge in [0, 0.05) is 11.3 Å². The molecule has 1 aromatic heterocycles. The minimum absolute atomic E-state index is 0.714. The quantitative estimate of drug-likeness (QED) is 0.300. The number of hydrogen-bond donors (Lipinski definition) is 0. The van der Waals surface area contributed by atoms with E-state index < -0.39 is 0 Å². The normalized spacial score (nSPS) is 11.2. The molecule has 0 saturated heterocycles. The fourth-order valence-corrected chi connectivity index (χ4v) is 3.21. The highest BCUT2D eigenvalue weighted by molar-refractivity contribution is 7.98. The summed E-state index contributed by atoms with van der Waals surface area (Å²) < 4.78 is 7.55. The number of hydrogen-bond acceptors (Lipinski definition) is 5. The van der Waals surface area contributed by atoms with Crippen LogP contribution in [0.25, 0.3) is 0 Å². The Morgan fingerprint density at radius 1 is 1.15 bits per heavy atom. The Kier molecular flexibility index (Phi) is 7.04. The van der Waals surface area contributed by atoms with Crippen molar-refractivity contribution in [2.75, 3.05) is 6.61 Å². The second-order valence-electron chi connectivity index (χ2n) is 6.22. The summed E-state index contributed by atoms with van der Waals surface area (Å²) in [6.07, 6.45) is 5.56. The fourth-order valence-electron chi connectivity index (χ4n) is 2.40. The summed E-state index contributed by atoms with van der Waals surface area (Å²) in [5, 5.41) is 13.4. The number of aromatic nitrogens is 3. The minimum Gasteiger partial charge on any atom is -0.493 e. The predicted molar refractivity (Wildman–Crippen MR) is 111 cm³/mol. The summed E-state index contributed by atoms with van der Waals surface area (Å²) in [5.41, 5.74) is 3.45. The van der Waals surface area contributed by atoms with Gasteiger partial charge >= 0.3 is 0 Å². The van der Waals surface area contributed by atoms with Gasteiger partial charge in [-0.1, -0.05) is 67.1 Å². The van der Waals surface area contributed by atoms with Crippen LogP contribution in [0.15, 0.2) is 65.1 Å². The second-order valence-corrected chi connectivity index (χ2v) is 7.16. The van der Waals surface area contributed by atoms with E-state index in [1.165, 1.54) is 11.1 Å². The van der Waals surface area contributed by atoms with E-state index >= 15 is 0 Å². The van der Waals surface area contributed by atoms with Crippen LogP contribution in [0, 0.1) is 6.92 Å². The standard InChI is InChI=1S/C21H24N4OS/c1-3-4-13-26-20-8-6-5-7-19(20)14-23-25-16-22-24-21(25)27-15-18-11-9-17(2)10-12-18/h5-12,14,16H,3-4,13,15H2,1-2H3/b23-14-.